The summed E-state index contributed by atoms with van der Waals surface area (Å²) in [5, 5.41) is 3.42. The first kappa shape index (κ1) is 12.8. The molecular formula is C14H20N4. The molecule has 0 radical (unpaired) electrons. The van der Waals surface area contributed by atoms with Gasteiger partial charge in [-0.05, 0) is 19.9 Å². The molecule has 0 saturated carbocycles. The average Bonchev–Trinajstić information content (AvgIpc) is 2.68. The monoisotopic (exact) mass is 244 g/mol. The molecule has 0 atom stereocenters. The van der Waals surface area contributed by atoms with Crippen molar-refractivity contribution in [1.82, 2.24) is 19.9 Å². The summed E-state index contributed by atoms with van der Waals surface area (Å²) in [5.74, 6) is 0. The highest BCUT2D eigenvalue weighted by molar-refractivity contribution is 5.41. The Kier molecular flexibility index (Phi) is 3.77. The Balaban J connectivity index is 2.35. The summed E-state index contributed by atoms with van der Waals surface area (Å²) in [7, 11) is 0. The lowest BCUT2D eigenvalue weighted by Gasteiger charge is -2.13. The van der Waals surface area contributed by atoms with Gasteiger partial charge < -0.3 is 9.88 Å². The van der Waals surface area contributed by atoms with Crippen molar-refractivity contribution in [3.63, 3.8) is 0 Å². The van der Waals surface area contributed by atoms with Gasteiger partial charge in [0.1, 0.15) is 0 Å². The molecule has 0 saturated heterocycles. The van der Waals surface area contributed by atoms with E-state index >= 15 is 0 Å². The van der Waals surface area contributed by atoms with Crippen LogP contribution in [0.2, 0.25) is 0 Å². The number of nitrogens with zero attached hydrogens (tertiary/aromatic N) is 3. The minimum absolute atomic E-state index is 0.462. The molecule has 2 aromatic heterocycles. The standard InChI is InChI=1S/C14H20N4/c1-10(2)16-8-13-7-15-6-5-14(13)18-9-17-11(3)12(18)4/h5-7,9-10,16H,8H2,1-4H3. The second kappa shape index (κ2) is 5.31. The molecule has 0 aromatic carbocycles. The van der Waals surface area contributed by atoms with Gasteiger partial charge in [-0.15, -0.1) is 0 Å². The van der Waals surface area contributed by atoms with Gasteiger partial charge in [0, 0.05) is 36.2 Å². The van der Waals surface area contributed by atoms with Crippen LogP contribution in [-0.4, -0.2) is 20.6 Å². The lowest BCUT2D eigenvalue weighted by Crippen LogP contribution is -2.22. The molecule has 0 aliphatic carbocycles. The molecule has 0 spiro atoms. The molecule has 0 bridgehead atoms. The molecule has 0 aliphatic heterocycles. The SMILES string of the molecule is Cc1ncn(-c2ccncc2CNC(C)C)c1C. The van der Waals surface area contributed by atoms with Crippen LogP contribution in [0.4, 0.5) is 0 Å². The maximum Gasteiger partial charge on any atom is 0.0997 e. The molecule has 2 aromatic rings. The fourth-order valence-corrected chi connectivity index (χ4v) is 1.85. The van der Waals surface area contributed by atoms with E-state index in [0.717, 1.165) is 17.9 Å². The van der Waals surface area contributed by atoms with E-state index in [1.165, 1.54) is 11.3 Å². The fraction of sp³-hybridized carbons (Fsp3) is 0.429. The molecule has 1 N–H and O–H groups in total. The molecule has 0 unspecified atom stereocenters. The molecular weight excluding hydrogens is 224 g/mol. The van der Waals surface area contributed by atoms with Crippen LogP contribution in [0.3, 0.4) is 0 Å². The number of aryl methyl sites for hydroxylation is 1. The van der Waals surface area contributed by atoms with E-state index in [1.54, 1.807) is 0 Å². The Morgan fingerprint density at radius 1 is 1.33 bits per heavy atom. The van der Waals surface area contributed by atoms with Crippen LogP contribution < -0.4 is 5.32 Å². The number of rotatable bonds is 4. The highest BCUT2D eigenvalue weighted by Gasteiger charge is 2.09. The molecule has 0 fully saturated rings. The van der Waals surface area contributed by atoms with Gasteiger partial charge in [-0.1, -0.05) is 13.8 Å². The van der Waals surface area contributed by atoms with Crippen molar-refractivity contribution >= 4 is 0 Å². The van der Waals surface area contributed by atoms with Crippen molar-refractivity contribution < 1.29 is 0 Å². The Morgan fingerprint density at radius 3 is 2.72 bits per heavy atom. The van der Waals surface area contributed by atoms with Crippen molar-refractivity contribution in [2.24, 2.45) is 0 Å². The first-order valence-corrected chi connectivity index (χ1v) is 6.26. The molecule has 2 rings (SSSR count). The van der Waals surface area contributed by atoms with Gasteiger partial charge in [-0.25, -0.2) is 4.98 Å². The summed E-state index contributed by atoms with van der Waals surface area (Å²) in [4.78, 5) is 8.56. The predicted octanol–water partition coefficient (Wildman–Crippen LogP) is 2.38. The third kappa shape index (κ3) is 2.59. The van der Waals surface area contributed by atoms with Crippen molar-refractivity contribution in [2.45, 2.75) is 40.3 Å². The largest absolute Gasteiger partial charge is 0.310 e. The number of hydrogen-bond donors (Lipinski definition) is 1. The highest BCUT2D eigenvalue weighted by Crippen LogP contribution is 2.17. The summed E-state index contributed by atoms with van der Waals surface area (Å²) < 4.78 is 2.12. The number of aromatic nitrogens is 3. The van der Waals surface area contributed by atoms with Crippen LogP contribution in [0.5, 0.6) is 0 Å². The summed E-state index contributed by atoms with van der Waals surface area (Å²) in [6.07, 6.45) is 5.61. The van der Waals surface area contributed by atoms with Gasteiger partial charge in [0.15, 0.2) is 0 Å². The third-order valence-electron chi connectivity index (χ3n) is 3.09. The average molecular weight is 244 g/mol. The molecule has 0 amide bonds. The summed E-state index contributed by atoms with van der Waals surface area (Å²) >= 11 is 0. The number of pyridine rings is 1. The molecule has 4 heteroatoms. The van der Waals surface area contributed by atoms with E-state index in [1.807, 2.05) is 31.7 Å². The lowest BCUT2D eigenvalue weighted by molar-refractivity contribution is 0.586. The first-order valence-electron chi connectivity index (χ1n) is 6.26. The lowest BCUT2D eigenvalue weighted by atomic mass is 10.2. The Bertz CT molecular complexity index is 528. The van der Waals surface area contributed by atoms with Gasteiger partial charge in [0.25, 0.3) is 0 Å². The summed E-state index contributed by atoms with van der Waals surface area (Å²) in [6, 6.07) is 2.49. The van der Waals surface area contributed by atoms with Gasteiger partial charge in [0.2, 0.25) is 0 Å². The number of nitrogens with one attached hydrogen (secondary N) is 1. The number of hydrogen-bond acceptors (Lipinski definition) is 3. The Hall–Kier alpha value is -1.68. The zero-order chi connectivity index (χ0) is 13.1. The van der Waals surface area contributed by atoms with Gasteiger partial charge >= 0.3 is 0 Å². The van der Waals surface area contributed by atoms with Crippen LogP contribution in [0.15, 0.2) is 24.8 Å². The van der Waals surface area contributed by atoms with Crippen molar-refractivity contribution in [3.8, 4) is 5.69 Å². The molecule has 18 heavy (non-hydrogen) atoms. The zero-order valence-corrected chi connectivity index (χ0v) is 11.4. The van der Waals surface area contributed by atoms with E-state index in [9.17, 15) is 0 Å². The highest BCUT2D eigenvalue weighted by atomic mass is 15.1. The summed E-state index contributed by atoms with van der Waals surface area (Å²) in [6.45, 7) is 9.21. The minimum atomic E-state index is 0.462. The van der Waals surface area contributed by atoms with Gasteiger partial charge in [-0.3, -0.25) is 4.98 Å². The maximum atomic E-state index is 4.35. The Morgan fingerprint density at radius 2 is 2.11 bits per heavy atom. The van der Waals surface area contributed by atoms with E-state index in [2.05, 4.69) is 40.6 Å². The van der Waals surface area contributed by atoms with E-state index in [-0.39, 0.29) is 0 Å². The molecule has 4 nitrogen and oxygen atoms in total. The minimum Gasteiger partial charge on any atom is -0.310 e. The van der Waals surface area contributed by atoms with Crippen molar-refractivity contribution in [2.75, 3.05) is 0 Å². The molecule has 96 valence electrons. The van der Waals surface area contributed by atoms with E-state index in [0.29, 0.717) is 6.04 Å². The van der Waals surface area contributed by atoms with Crippen LogP contribution in [0, 0.1) is 13.8 Å². The summed E-state index contributed by atoms with van der Waals surface area (Å²) in [5.41, 5.74) is 4.57. The normalized spacial score (nSPS) is 11.2. The van der Waals surface area contributed by atoms with Gasteiger partial charge in [0.05, 0.1) is 17.7 Å². The fourth-order valence-electron chi connectivity index (χ4n) is 1.85. The first-order chi connectivity index (χ1) is 8.59. The van der Waals surface area contributed by atoms with E-state index in [4.69, 9.17) is 0 Å². The zero-order valence-electron chi connectivity index (χ0n) is 11.4. The van der Waals surface area contributed by atoms with Crippen LogP contribution >= 0.6 is 0 Å². The van der Waals surface area contributed by atoms with Crippen molar-refractivity contribution in [3.05, 3.63) is 41.7 Å². The second-order valence-electron chi connectivity index (χ2n) is 4.83. The third-order valence-corrected chi connectivity index (χ3v) is 3.09. The van der Waals surface area contributed by atoms with Crippen LogP contribution in [-0.2, 0) is 6.54 Å². The van der Waals surface area contributed by atoms with Crippen LogP contribution in [0.25, 0.3) is 5.69 Å². The molecule has 2 heterocycles. The van der Waals surface area contributed by atoms with E-state index < -0.39 is 0 Å². The molecule has 0 aliphatic rings. The maximum absolute atomic E-state index is 4.35. The quantitative estimate of drug-likeness (QED) is 0.898. The van der Waals surface area contributed by atoms with Gasteiger partial charge in [-0.2, -0.15) is 0 Å². The number of imidazole rings is 1. The predicted molar refractivity (Wildman–Crippen MR) is 72.8 cm³/mol. The Labute approximate surface area is 108 Å². The second-order valence-corrected chi connectivity index (χ2v) is 4.83. The van der Waals surface area contributed by atoms with Crippen LogP contribution in [0.1, 0.15) is 30.8 Å². The van der Waals surface area contributed by atoms with Crippen molar-refractivity contribution in [1.29, 1.82) is 0 Å². The topological polar surface area (TPSA) is 42.7 Å². The smallest absolute Gasteiger partial charge is 0.0997 e.